The number of nitrogens with two attached hydrogens (primary N) is 1. The number of hydrogen-bond donors (Lipinski definition) is 3. The van der Waals surface area contributed by atoms with E-state index in [1.165, 1.54) is 19.9 Å². The van der Waals surface area contributed by atoms with E-state index in [2.05, 4.69) is 31.6 Å². The van der Waals surface area contributed by atoms with Crippen LogP contribution < -0.4 is 26.2 Å². The second-order valence-corrected chi connectivity index (χ2v) is 9.20. The molecule has 4 N–H and O–H groups in total. The summed E-state index contributed by atoms with van der Waals surface area (Å²) in [5.41, 5.74) is 4.75. The highest BCUT2D eigenvalue weighted by Crippen LogP contribution is 2.54. The summed E-state index contributed by atoms with van der Waals surface area (Å²) in [7, 11) is 0. The number of hydrogen-bond acceptors (Lipinski definition) is 6. The molecule has 8 nitrogen and oxygen atoms in total. The van der Waals surface area contributed by atoms with Gasteiger partial charge in [-0.2, -0.15) is 0 Å². The molecule has 0 fully saturated rings. The Morgan fingerprint density at radius 2 is 1.49 bits per heavy atom. The summed E-state index contributed by atoms with van der Waals surface area (Å²) in [6, 6.07) is 20.3. The molecule has 0 spiro atoms. The maximum atomic E-state index is 12.8. The molecule has 0 unspecified atom stereocenters. The van der Waals surface area contributed by atoms with Gasteiger partial charge in [0.15, 0.2) is 17.1 Å². The van der Waals surface area contributed by atoms with Crippen LogP contribution in [-0.2, 0) is 15.4 Å². The van der Waals surface area contributed by atoms with Crippen LogP contribution in [0.15, 0.2) is 71.2 Å². The highest BCUT2D eigenvalue weighted by Gasteiger charge is 2.48. The van der Waals surface area contributed by atoms with Crippen molar-refractivity contribution < 1.29 is 23.9 Å². The quantitative estimate of drug-likeness (QED) is 0.378. The molecular formula is C24H22BrCl2N3O5. The Balaban J connectivity index is 0.00000342. The smallest absolute Gasteiger partial charge is 0.305 e. The molecule has 184 valence electrons. The van der Waals surface area contributed by atoms with Gasteiger partial charge in [0.05, 0.1) is 15.1 Å². The minimum Gasteiger partial charge on any atom is -0.439 e. The van der Waals surface area contributed by atoms with Crippen molar-refractivity contribution in [3.63, 3.8) is 0 Å². The summed E-state index contributed by atoms with van der Waals surface area (Å²) in [4.78, 5) is 29.6. The molecule has 35 heavy (non-hydrogen) atoms. The van der Waals surface area contributed by atoms with E-state index in [1.54, 1.807) is 0 Å². The number of benzene rings is 3. The first-order valence-electron chi connectivity index (χ1n) is 10.2. The van der Waals surface area contributed by atoms with Crippen LogP contribution in [0.4, 0.5) is 0 Å². The van der Waals surface area contributed by atoms with Crippen molar-refractivity contribution in [2.45, 2.75) is 25.2 Å². The van der Waals surface area contributed by atoms with Gasteiger partial charge in [0.1, 0.15) is 0 Å². The van der Waals surface area contributed by atoms with Crippen LogP contribution in [0.2, 0.25) is 5.02 Å². The van der Waals surface area contributed by atoms with Gasteiger partial charge in [-0.05, 0) is 35.8 Å². The molecule has 0 aromatic heterocycles. The van der Waals surface area contributed by atoms with Crippen molar-refractivity contribution in [1.29, 1.82) is 0 Å². The van der Waals surface area contributed by atoms with Crippen molar-refractivity contribution in [3.8, 4) is 11.5 Å². The van der Waals surface area contributed by atoms with Gasteiger partial charge in [0.25, 0.3) is 11.8 Å². The number of hydrazine groups is 1. The number of nitrogens with one attached hydrogen (secondary N) is 2. The third kappa shape index (κ3) is 4.96. The molecule has 0 aliphatic carbocycles. The summed E-state index contributed by atoms with van der Waals surface area (Å²) >= 11 is 10.1. The van der Waals surface area contributed by atoms with Crippen LogP contribution in [0.25, 0.3) is 0 Å². The summed E-state index contributed by atoms with van der Waals surface area (Å²) < 4.78 is 13.2. The molecule has 1 heterocycles. The Kier molecular flexibility index (Phi) is 7.98. The molecule has 4 rings (SSSR count). The van der Waals surface area contributed by atoms with Gasteiger partial charge in [-0.3, -0.25) is 25.3 Å². The zero-order valence-electron chi connectivity index (χ0n) is 18.6. The van der Waals surface area contributed by atoms with Gasteiger partial charge in [-0.25, -0.2) is 5.90 Å². The lowest BCUT2D eigenvalue weighted by Gasteiger charge is -2.28. The molecule has 0 saturated carbocycles. The van der Waals surface area contributed by atoms with Crippen LogP contribution >= 0.6 is 39.9 Å². The average Bonchev–Trinajstić information content (AvgIpc) is 3.29. The maximum absolute atomic E-state index is 12.8. The predicted molar refractivity (Wildman–Crippen MR) is 136 cm³/mol. The fraction of sp³-hybridized carbons (Fsp3) is 0.167. The number of rotatable bonds is 5. The fourth-order valence-electron chi connectivity index (χ4n) is 3.35. The first-order valence-corrected chi connectivity index (χ1v) is 11.4. The Hall–Kier alpha value is -2.82. The predicted octanol–water partition coefficient (Wildman–Crippen LogP) is 4.63. The lowest BCUT2D eigenvalue weighted by atomic mass is 9.97. The highest BCUT2D eigenvalue weighted by molar-refractivity contribution is 9.10. The second kappa shape index (κ2) is 10.4. The second-order valence-electron chi connectivity index (χ2n) is 7.97. The van der Waals surface area contributed by atoms with E-state index in [9.17, 15) is 9.59 Å². The van der Waals surface area contributed by atoms with Gasteiger partial charge in [0.2, 0.25) is 0 Å². The van der Waals surface area contributed by atoms with Crippen LogP contribution in [0.1, 0.15) is 35.3 Å². The molecule has 3 aromatic carbocycles. The SMILES string of the molecule is CC(C)(ON)C(=O)NNC(=O)c1cc(Br)c2c(c1Cl)OC(c1ccccc1)(c1ccccc1)O2.Cl. The standard InChI is InChI=1S/C24H21BrClN3O5.ClH/c1-23(2,34-27)22(31)29-28-21(30)16-13-17(25)19-20(18(16)26)33-24(32-19,14-9-5-3-6-10-14)15-11-7-4-8-12-15;/h3-13H,27H2,1-2H3,(H,28,30)(H,29,31);1H. The van der Waals surface area contributed by atoms with E-state index in [-0.39, 0.29) is 28.7 Å². The first-order chi connectivity index (χ1) is 16.2. The van der Waals surface area contributed by atoms with Crippen LogP contribution in [0.5, 0.6) is 11.5 Å². The summed E-state index contributed by atoms with van der Waals surface area (Å²) in [6.45, 7) is 2.90. The zero-order chi connectivity index (χ0) is 24.5. The summed E-state index contributed by atoms with van der Waals surface area (Å²) in [5, 5.41) is 0.0213. The molecule has 0 bridgehead atoms. The Bertz CT molecular complexity index is 1200. The van der Waals surface area contributed by atoms with Gasteiger partial charge < -0.3 is 9.47 Å². The number of amides is 2. The van der Waals surface area contributed by atoms with Crippen LogP contribution in [0.3, 0.4) is 0 Å². The van der Waals surface area contributed by atoms with Gasteiger partial charge in [-0.15, -0.1) is 12.4 Å². The minimum absolute atomic E-state index is 0. The van der Waals surface area contributed by atoms with Crippen molar-refractivity contribution in [1.82, 2.24) is 10.9 Å². The van der Waals surface area contributed by atoms with Crippen molar-refractivity contribution >= 4 is 51.8 Å². The van der Waals surface area contributed by atoms with Crippen molar-refractivity contribution in [3.05, 3.63) is 92.9 Å². The largest absolute Gasteiger partial charge is 0.439 e. The summed E-state index contributed by atoms with van der Waals surface area (Å²) in [6.07, 6.45) is 0. The van der Waals surface area contributed by atoms with E-state index < -0.39 is 23.2 Å². The van der Waals surface area contributed by atoms with Crippen LogP contribution in [-0.4, -0.2) is 17.4 Å². The van der Waals surface area contributed by atoms with Crippen LogP contribution in [0, 0.1) is 0 Å². The zero-order valence-corrected chi connectivity index (χ0v) is 21.8. The average molecular weight is 583 g/mol. The van der Waals surface area contributed by atoms with E-state index in [0.29, 0.717) is 10.2 Å². The number of carbonyl (C=O) groups is 2. The Labute approximate surface area is 221 Å². The molecule has 11 heteroatoms. The number of carbonyl (C=O) groups excluding carboxylic acids is 2. The number of ether oxygens (including phenoxy) is 2. The minimum atomic E-state index is -1.35. The molecular weight excluding hydrogens is 561 g/mol. The van der Waals surface area contributed by atoms with Gasteiger partial charge in [0, 0.05) is 11.1 Å². The number of halogens is 3. The topological polar surface area (TPSA) is 112 Å². The van der Waals surface area contributed by atoms with E-state index in [0.717, 1.165) is 11.1 Å². The highest BCUT2D eigenvalue weighted by atomic mass is 79.9. The van der Waals surface area contributed by atoms with E-state index >= 15 is 0 Å². The lowest BCUT2D eigenvalue weighted by Crippen LogP contribution is -2.52. The molecule has 0 atom stereocenters. The maximum Gasteiger partial charge on any atom is 0.305 e. The molecule has 2 amide bonds. The summed E-state index contributed by atoms with van der Waals surface area (Å²) in [5.74, 6) is 3.02. The molecule has 0 radical (unpaired) electrons. The van der Waals surface area contributed by atoms with Crippen molar-refractivity contribution in [2.24, 2.45) is 5.90 Å². The monoisotopic (exact) mass is 581 g/mol. The normalized spacial score (nSPS) is 13.5. The third-order valence-electron chi connectivity index (χ3n) is 5.30. The molecule has 3 aromatic rings. The molecule has 0 saturated heterocycles. The Morgan fingerprint density at radius 3 is 2.00 bits per heavy atom. The third-order valence-corrected chi connectivity index (χ3v) is 6.27. The van der Waals surface area contributed by atoms with Gasteiger partial charge in [-0.1, -0.05) is 72.3 Å². The van der Waals surface area contributed by atoms with E-state index in [4.69, 9.17) is 27.0 Å². The van der Waals surface area contributed by atoms with Crippen molar-refractivity contribution in [2.75, 3.05) is 0 Å². The first kappa shape index (κ1) is 26.8. The Morgan fingerprint density at radius 1 is 0.971 bits per heavy atom. The van der Waals surface area contributed by atoms with Gasteiger partial charge >= 0.3 is 5.79 Å². The lowest BCUT2D eigenvalue weighted by molar-refractivity contribution is -0.144. The molecule has 1 aliphatic heterocycles. The number of fused-ring (bicyclic) bond motifs is 1. The fourth-order valence-corrected chi connectivity index (χ4v) is 4.10. The van der Waals surface area contributed by atoms with E-state index in [1.807, 2.05) is 60.7 Å². The molecule has 1 aliphatic rings.